The number of benzene rings is 1. The van der Waals surface area contributed by atoms with Gasteiger partial charge in [0.05, 0.1) is 13.2 Å². The highest BCUT2D eigenvalue weighted by atomic mass is 16.5. The van der Waals surface area contributed by atoms with Gasteiger partial charge in [0.15, 0.2) is 0 Å². The van der Waals surface area contributed by atoms with Crippen molar-refractivity contribution in [2.75, 3.05) is 20.8 Å². The molecular weight excluding hydrogens is 278 g/mol. The van der Waals surface area contributed by atoms with E-state index in [-0.39, 0.29) is 17.9 Å². The highest BCUT2D eigenvalue weighted by Crippen LogP contribution is 2.25. The van der Waals surface area contributed by atoms with Crippen molar-refractivity contribution in [2.24, 2.45) is 5.92 Å². The summed E-state index contributed by atoms with van der Waals surface area (Å²) in [6.45, 7) is 3.48. The molecule has 22 heavy (non-hydrogen) atoms. The Bertz CT molecular complexity index is 487. The van der Waals surface area contributed by atoms with E-state index in [1.54, 1.807) is 7.11 Å². The molecule has 0 aliphatic carbocycles. The van der Waals surface area contributed by atoms with Gasteiger partial charge in [-0.05, 0) is 37.0 Å². The van der Waals surface area contributed by atoms with Crippen LogP contribution in [0.2, 0.25) is 0 Å². The molecule has 1 amide bonds. The molecule has 0 aromatic heterocycles. The van der Waals surface area contributed by atoms with Gasteiger partial charge in [0.2, 0.25) is 5.91 Å². The highest BCUT2D eigenvalue weighted by Gasteiger charge is 2.29. The van der Waals surface area contributed by atoms with Gasteiger partial charge in [-0.1, -0.05) is 25.5 Å². The van der Waals surface area contributed by atoms with Crippen LogP contribution in [0.15, 0.2) is 24.3 Å². The average Bonchev–Trinajstić information content (AvgIpc) is 2.55. The summed E-state index contributed by atoms with van der Waals surface area (Å²) < 4.78 is 11.0. The minimum Gasteiger partial charge on any atom is -0.497 e. The van der Waals surface area contributed by atoms with Crippen molar-refractivity contribution >= 4 is 5.91 Å². The first kappa shape index (κ1) is 16.8. The van der Waals surface area contributed by atoms with Crippen LogP contribution in [-0.4, -0.2) is 37.7 Å². The number of hydrogen-bond donors (Lipinski definition) is 0. The first-order chi connectivity index (χ1) is 10.6. The zero-order chi connectivity index (χ0) is 15.9. The summed E-state index contributed by atoms with van der Waals surface area (Å²) in [5.41, 5.74) is 1.09. The Morgan fingerprint density at radius 2 is 2.27 bits per heavy atom. The Labute approximate surface area is 133 Å². The second kappa shape index (κ2) is 8.18. The monoisotopic (exact) mass is 305 g/mol. The number of rotatable bonds is 6. The molecular formula is C18H27NO3. The van der Waals surface area contributed by atoms with Crippen LogP contribution in [0.4, 0.5) is 0 Å². The van der Waals surface area contributed by atoms with Gasteiger partial charge >= 0.3 is 0 Å². The van der Waals surface area contributed by atoms with E-state index in [4.69, 9.17) is 9.47 Å². The third-order valence-electron chi connectivity index (χ3n) is 4.26. The predicted molar refractivity (Wildman–Crippen MR) is 86.8 cm³/mol. The van der Waals surface area contributed by atoms with Gasteiger partial charge in [0, 0.05) is 26.1 Å². The number of hydrogen-bond acceptors (Lipinski definition) is 3. The average molecular weight is 305 g/mol. The van der Waals surface area contributed by atoms with Crippen LogP contribution in [0.3, 0.4) is 0 Å². The molecule has 0 bridgehead atoms. The Morgan fingerprint density at radius 1 is 1.45 bits per heavy atom. The molecule has 122 valence electrons. The second-order valence-electron chi connectivity index (χ2n) is 6.05. The molecule has 1 aromatic carbocycles. The summed E-state index contributed by atoms with van der Waals surface area (Å²) in [5, 5.41) is 0. The normalized spacial score (nSPS) is 21.4. The highest BCUT2D eigenvalue weighted by molar-refractivity contribution is 5.78. The largest absolute Gasteiger partial charge is 0.497 e. The molecule has 1 saturated heterocycles. The zero-order valence-electron chi connectivity index (χ0n) is 13.9. The fraction of sp³-hybridized carbons (Fsp3) is 0.611. The quantitative estimate of drug-likeness (QED) is 0.810. The van der Waals surface area contributed by atoms with E-state index in [9.17, 15) is 4.79 Å². The van der Waals surface area contributed by atoms with Gasteiger partial charge in [-0.25, -0.2) is 0 Å². The first-order valence-electron chi connectivity index (χ1n) is 8.13. The fourth-order valence-corrected chi connectivity index (χ4v) is 3.06. The smallest absolute Gasteiger partial charge is 0.225 e. The van der Waals surface area contributed by atoms with Crippen LogP contribution >= 0.6 is 0 Å². The van der Waals surface area contributed by atoms with Crippen LogP contribution < -0.4 is 4.74 Å². The van der Waals surface area contributed by atoms with E-state index in [1.807, 2.05) is 36.2 Å². The Kier molecular flexibility index (Phi) is 6.25. The van der Waals surface area contributed by atoms with Crippen molar-refractivity contribution in [1.82, 2.24) is 4.90 Å². The molecule has 2 atom stereocenters. The first-order valence-corrected chi connectivity index (χ1v) is 8.13. The molecule has 1 fully saturated rings. The van der Waals surface area contributed by atoms with Gasteiger partial charge in [0.25, 0.3) is 0 Å². The predicted octanol–water partition coefficient (Wildman–Crippen LogP) is 3.25. The van der Waals surface area contributed by atoms with E-state index < -0.39 is 0 Å². The van der Waals surface area contributed by atoms with Crippen molar-refractivity contribution in [3.8, 4) is 5.75 Å². The lowest BCUT2D eigenvalue weighted by Gasteiger charge is -2.31. The molecule has 0 saturated carbocycles. The molecule has 4 nitrogen and oxygen atoms in total. The summed E-state index contributed by atoms with van der Waals surface area (Å²) in [6, 6.07) is 7.88. The van der Waals surface area contributed by atoms with Crippen molar-refractivity contribution in [2.45, 2.75) is 45.3 Å². The maximum absolute atomic E-state index is 12.6. The van der Waals surface area contributed by atoms with Gasteiger partial charge in [-0.3, -0.25) is 4.79 Å². The maximum atomic E-state index is 12.6. The standard InChI is InChI=1S/C18H27NO3/c1-4-6-17-12-15(9-10-22-17)18(20)19(2)13-14-7-5-8-16(11-14)21-3/h5,7-8,11,15,17H,4,6,9-10,12-13H2,1-3H3/t15-,17+/m0/s1. The lowest BCUT2D eigenvalue weighted by atomic mass is 9.92. The van der Waals surface area contributed by atoms with Crippen LogP contribution in [0.5, 0.6) is 5.75 Å². The van der Waals surface area contributed by atoms with Crippen LogP contribution in [-0.2, 0) is 16.1 Å². The Morgan fingerprint density at radius 3 is 3.00 bits per heavy atom. The summed E-state index contributed by atoms with van der Waals surface area (Å²) in [4.78, 5) is 14.5. The molecule has 0 spiro atoms. The molecule has 2 rings (SSSR count). The number of carbonyl (C=O) groups excluding carboxylic acids is 1. The number of methoxy groups -OCH3 is 1. The molecule has 1 aliphatic rings. The van der Waals surface area contributed by atoms with Crippen molar-refractivity contribution in [1.29, 1.82) is 0 Å². The fourth-order valence-electron chi connectivity index (χ4n) is 3.06. The summed E-state index contributed by atoms with van der Waals surface area (Å²) in [6.07, 6.45) is 4.09. The molecule has 1 aliphatic heterocycles. The summed E-state index contributed by atoms with van der Waals surface area (Å²) in [5.74, 6) is 1.15. The van der Waals surface area contributed by atoms with Crippen LogP contribution in [0, 0.1) is 5.92 Å². The molecule has 0 radical (unpaired) electrons. The third-order valence-corrected chi connectivity index (χ3v) is 4.26. The minimum atomic E-state index is 0.0981. The van der Waals surface area contributed by atoms with Gasteiger partial charge in [-0.2, -0.15) is 0 Å². The SMILES string of the molecule is CCC[C@@H]1C[C@@H](C(=O)N(C)Cc2cccc(OC)c2)CCO1. The summed E-state index contributed by atoms with van der Waals surface area (Å²) >= 11 is 0. The van der Waals surface area contributed by atoms with E-state index in [1.165, 1.54) is 0 Å². The number of carbonyl (C=O) groups is 1. The van der Waals surface area contributed by atoms with E-state index in [2.05, 4.69) is 6.92 Å². The number of ether oxygens (including phenoxy) is 2. The maximum Gasteiger partial charge on any atom is 0.225 e. The van der Waals surface area contributed by atoms with E-state index in [0.717, 1.165) is 37.0 Å². The zero-order valence-corrected chi connectivity index (χ0v) is 13.9. The molecule has 0 N–H and O–H groups in total. The minimum absolute atomic E-state index is 0.0981. The summed E-state index contributed by atoms with van der Waals surface area (Å²) in [7, 11) is 3.54. The number of amides is 1. The lowest BCUT2D eigenvalue weighted by molar-refractivity contribution is -0.140. The van der Waals surface area contributed by atoms with E-state index >= 15 is 0 Å². The molecule has 1 aromatic rings. The molecule has 4 heteroatoms. The molecule has 1 heterocycles. The van der Waals surface area contributed by atoms with Gasteiger partial charge < -0.3 is 14.4 Å². The topological polar surface area (TPSA) is 38.8 Å². The third kappa shape index (κ3) is 4.47. The van der Waals surface area contributed by atoms with Crippen LogP contribution in [0.25, 0.3) is 0 Å². The Hall–Kier alpha value is -1.55. The lowest BCUT2D eigenvalue weighted by Crippen LogP contribution is -2.38. The Balaban J connectivity index is 1.93. The van der Waals surface area contributed by atoms with Crippen molar-refractivity contribution in [3.63, 3.8) is 0 Å². The van der Waals surface area contributed by atoms with E-state index in [0.29, 0.717) is 13.2 Å². The second-order valence-corrected chi connectivity index (χ2v) is 6.05. The molecule has 0 unspecified atom stereocenters. The van der Waals surface area contributed by atoms with Crippen molar-refractivity contribution in [3.05, 3.63) is 29.8 Å². The van der Waals surface area contributed by atoms with Crippen molar-refractivity contribution < 1.29 is 14.3 Å². The van der Waals surface area contributed by atoms with Gasteiger partial charge in [-0.15, -0.1) is 0 Å². The van der Waals surface area contributed by atoms with Gasteiger partial charge in [0.1, 0.15) is 5.75 Å². The van der Waals surface area contributed by atoms with Crippen LogP contribution in [0.1, 0.15) is 38.2 Å². The number of nitrogens with zero attached hydrogens (tertiary/aromatic N) is 1.